The van der Waals surface area contributed by atoms with Gasteiger partial charge in [-0.3, -0.25) is 0 Å². The van der Waals surface area contributed by atoms with Crippen molar-refractivity contribution in [3.05, 3.63) is 39.0 Å². The molecule has 3 rings (SSSR count). The number of aryl methyl sites for hydroxylation is 1. The number of nitrogens with zero attached hydrogens (tertiary/aromatic N) is 2. The fourth-order valence-corrected chi connectivity index (χ4v) is 3.17. The number of imidazole rings is 1. The first-order valence-corrected chi connectivity index (χ1v) is 7.50. The largest absolute Gasteiger partial charge is 0.324 e. The topological polar surface area (TPSA) is 29.9 Å². The highest BCUT2D eigenvalue weighted by Crippen LogP contribution is 2.39. The summed E-state index contributed by atoms with van der Waals surface area (Å²) in [4.78, 5) is 4.56. The molecule has 3 nitrogen and oxygen atoms in total. The third kappa shape index (κ3) is 2.34. The van der Waals surface area contributed by atoms with Crippen molar-refractivity contribution in [3.8, 4) is 0 Å². The zero-order valence-electron chi connectivity index (χ0n) is 9.95. The Morgan fingerprint density at radius 1 is 1.28 bits per heavy atom. The Morgan fingerprint density at radius 3 is 2.56 bits per heavy atom. The Balaban J connectivity index is 1.97. The highest BCUT2D eigenvalue weighted by molar-refractivity contribution is 9.11. The molecule has 0 atom stereocenters. The summed E-state index contributed by atoms with van der Waals surface area (Å²) in [5.74, 6) is 0.919. The normalized spacial score (nSPS) is 14.8. The number of nitrogens with one attached hydrogen (secondary N) is 1. The molecule has 0 radical (unpaired) electrons. The molecule has 2 aromatic rings. The predicted octanol–water partition coefficient (Wildman–Crippen LogP) is 4.80. The van der Waals surface area contributed by atoms with Crippen LogP contribution in [0.15, 0.2) is 33.3 Å². The summed E-state index contributed by atoms with van der Waals surface area (Å²) in [5, 5.41) is 3.41. The second-order valence-electron chi connectivity index (χ2n) is 4.57. The van der Waals surface area contributed by atoms with Crippen LogP contribution in [0.2, 0.25) is 0 Å². The third-order valence-corrected chi connectivity index (χ3v) is 4.31. The quantitative estimate of drug-likeness (QED) is 0.841. The molecule has 0 saturated heterocycles. The van der Waals surface area contributed by atoms with E-state index < -0.39 is 0 Å². The van der Waals surface area contributed by atoms with Gasteiger partial charge in [-0.2, -0.15) is 0 Å². The number of rotatable bonds is 3. The van der Waals surface area contributed by atoms with E-state index in [4.69, 9.17) is 0 Å². The van der Waals surface area contributed by atoms with Crippen molar-refractivity contribution < 1.29 is 0 Å². The van der Waals surface area contributed by atoms with E-state index in [9.17, 15) is 0 Å². The van der Waals surface area contributed by atoms with Gasteiger partial charge in [-0.1, -0.05) is 6.07 Å². The maximum atomic E-state index is 4.56. The molecule has 1 aliphatic rings. The number of hydrogen-bond acceptors (Lipinski definition) is 2. The molecule has 0 aliphatic heterocycles. The van der Waals surface area contributed by atoms with E-state index in [1.807, 2.05) is 25.1 Å². The van der Waals surface area contributed by atoms with E-state index >= 15 is 0 Å². The van der Waals surface area contributed by atoms with Crippen LogP contribution >= 0.6 is 31.9 Å². The first-order chi connectivity index (χ1) is 8.65. The highest BCUT2D eigenvalue weighted by Gasteiger charge is 2.26. The molecule has 0 amide bonds. The average molecular weight is 371 g/mol. The van der Waals surface area contributed by atoms with Crippen molar-refractivity contribution in [1.29, 1.82) is 0 Å². The van der Waals surface area contributed by atoms with Crippen LogP contribution in [0.4, 0.5) is 11.6 Å². The van der Waals surface area contributed by atoms with Crippen molar-refractivity contribution in [2.45, 2.75) is 25.8 Å². The summed E-state index contributed by atoms with van der Waals surface area (Å²) in [6, 6.07) is 6.65. The van der Waals surface area contributed by atoms with E-state index in [1.54, 1.807) is 0 Å². The number of halogens is 2. The Morgan fingerprint density at radius 2 is 1.94 bits per heavy atom. The minimum atomic E-state index is 0.620. The fraction of sp³-hybridized carbons (Fsp3) is 0.308. The molecule has 1 aliphatic carbocycles. The molecule has 1 aromatic heterocycles. The van der Waals surface area contributed by atoms with Gasteiger partial charge in [0, 0.05) is 21.2 Å². The second kappa shape index (κ2) is 4.70. The van der Waals surface area contributed by atoms with Crippen molar-refractivity contribution in [3.63, 3.8) is 0 Å². The number of benzene rings is 1. The molecule has 1 fully saturated rings. The van der Waals surface area contributed by atoms with E-state index in [-0.39, 0.29) is 0 Å². The van der Waals surface area contributed by atoms with Gasteiger partial charge in [0.15, 0.2) is 0 Å². The fourth-order valence-electron chi connectivity index (χ4n) is 1.97. The van der Waals surface area contributed by atoms with Crippen molar-refractivity contribution in [2.75, 3.05) is 5.32 Å². The third-order valence-electron chi connectivity index (χ3n) is 2.99. The predicted molar refractivity (Wildman–Crippen MR) is 80.4 cm³/mol. The first kappa shape index (κ1) is 12.2. The van der Waals surface area contributed by atoms with Gasteiger partial charge in [-0.05, 0) is 63.8 Å². The highest BCUT2D eigenvalue weighted by atomic mass is 79.9. The lowest BCUT2D eigenvalue weighted by atomic mass is 10.3. The lowest BCUT2D eigenvalue weighted by Crippen LogP contribution is -2.02. The minimum absolute atomic E-state index is 0.620. The van der Waals surface area contributed by atoms with Crippen LogP contribution in [0.3, 0.4) is 0 Å². The lowest BCUT2D eigenvalue weighted by molar-refractivity contribution is 0.750. The van der Waals surface area contributed by atoms with Crippen LogP contribution < -0.4 is 5.32 Å². The molecule has 0 unspecified atom stereocenters. The number of hydrogen-bond donors (Lipinski definition) is 1. The van der Waals surface area contributed by atoms with Gasteiger partial charge in [-0.25, -0.2) is 4.98 Å². The molecule has 1 saturated carbocycles. The van der Waals surface area contributed by atoms with Crippen molar-refractivity contribution >= 4 is 43.5 Å². The summed E-state index contributed by atoms with van der Waals surface area (Å²) >= 11 is 7.12. The number of para-hydroxylation sites is 1. The summed E-state index contributed by atoms with van der Waals surface area (Å²) in [6.45, 7) is 2.03. The molecular weight excluding hydrogens is 358 g/mol. The average Bonchev–Trinajstić information content (AvgIpc) is 3.09. The summed E-state index contributed by atoms with van der Waals surface area (Å²) < 4.78 is 4.29. The van der Waals surface area contributed by atoms with Crippen molar-refractivity contribution in [1.82, 2.24) is 9.55 Å². The standard InChI is InChI=1S/C13H13Br2N3/c1-8-7-18(9-5-6-9)13(16-8)17-12-10(14)3-2-4-11(12)15/h2-4,7,9H,5-6H2,1H3,(H,16,17). The van der Waals surface area contributed by atoms with Gasteiger partial charge in [0.25, 0.3) is 0 Å². The zero-order chi connectivity index (χ0) is 12.7. The van der Waals surface area contributed by atoms with Crippen LogP contribution in [0.1, 0.15) is 24.6 Å². The molecule has 18 heavy (non-hydrogen) atoms. The van der Waals surface area contributed by atoms with E-state index in [1.165, 1.54) is 12.8 Å². The van der Waals surface area contributed by atoms with Gasteiger partial charge in [0.2, 0.25) is 5.95 Å². The lowest BCUT2D eigenvalue weighted by Gasteiger charge is -2.11. The summed E-state index contributed by atoms with van der Waals surface area (Å²) in [7, 11) is 0. The number of aromatic nitrogens is 2. The molecular formula is C13H13Br2N3. The van der Waals surface area contributed by atoms with Gasteiger partial charge in [0.05, 0.1) is 11.4 Å². The van der Waals surface area contributed by atoms with Gasteiger partial charge in [0.1, 0.15) is 0 Å². The first-order valence-electron chi connectivity index (χ1n) is 5.91. The van der Waals surface area contributed by atoms with Gasteiger partial charge in [-0.15, -0.1) is 0 Å². The van der Waals surface area contributed by atoms with Crippen LogP contribution in [-0.2, 0) is 0 Å². The maximum Gasteiger partial charge on any atom is 0.207 e. The van der Waals surface area contributed by atoms with E-state index in [0.717, 1.165) is 26.3 Å². The van der Waals surface area contributed by atoms with Crippen molar-refractivity contribution in [2.24, 2.45) is 0 Å². The molecule has 0 spiro atoms. The summed E-state index contributed by atoms with van der Waals surface area (Å²) in [5.41, 5.74) is 2.07. The van der Waals surface area contributed by atoms with E-state index in [2.05, 4.69) is 52.9 Å². The summed E-state index contributed by atoms with van der Waals surface area (Å²) in [6.07, 6.45) is 4.62. The van der Waals surface area contributed by atoms with E-state index in [0.29, 0.717) is 6.04 Å². The van der Waals surface area contributed by atoms with Crippen LogP contribution in [0.25, 0.3) is 0 Å². The molecule has 0 bridgehead atoms. The molecule has 1 N–H and O–H groups in total. The van der Waals surface area contributed by atoms with Crippen LogP contribution in [0.5, 0.6) is 0 Å². The molecule has 5 heteroatoms. The molecule has 1 heterocycles. The Hall–Kier alpha value is -0.810. The maximum absolute atomic E-state index is 4.56. The Labute approximate surface area is 123 Å². The SMILES string of the molecule is Cc1cn(C2CC2)c(Nc2c(Br)cccc2Br)n1. The molecule has 94 valence electrons. The van der Waals surface area contributed by atoms with Gasteiger partial charge >= 0.3 is 0 Å². The zero-order valence-corrected chi connectivity index (χ0v) is 13.1. The van der Waals surface area contributed by atoms with Gasteiger partial charge < -0.3 is 9.88 Å². The minimum Gasteiger partial charge on any atom is -0.324 e. The number of anilines is 2. The second-order valence-corrected chi connectivity index (χ2v) is 6.27. The monoisotopic (exact) mass is 369 g/mol. The Kier molecular flexibility index (Phi) is 3.20. The molecule has 1 aromatic carbocycles. The van der Waals surface area contributed by atoms with Crippen LogP contribution in [0, 0.1) is 6.92 Å². The Bertz CT molecular complexity index is 568. The van der Waals surface area contributed by atoms with Crippen LogP contribution in [-0.4, -0.2) is 9.55 Å². The smallest absolute Gasteiger partial charge is 0.207 e.